The molecule has 0 bridgehead atoms. The van der Waals surface area contributed by atoms with Crippen LogP contribution < -0.4 is 15.8 Å². The highest BCUT2D eigenvalue weighted by atomic mass is 35.5. The van der Waals surface area contributed by atoms with Crippen LogP contribution >= 0.6 is 23.2 Å². The Labute approximate surface area is 189 Å². The summed E-state index contributed by atoms with van der Waals surface area (Å²) in [5.74, 6) is -0.153. The van der Waals surface area contributed by atoms with Crippen LogP contribution in [0.15, 0.2) is 36.8 Å². The van der Waals surface area contributed by atoms with E-state index in [1.54, 1.807) is 36.3 Å². The Kier molecular flexibility index (Phi) is 5.87. The number of nitrogens with zero attached hydrogens (tertiary/aromatic N) is 3. The predicted octanol–water partition coefficient (Wildman–Crippen LogP) is 3.11. The van der Waals surface area contributed by atoms with Gasteiger partial charge in [0.1, 0.15) is 19.8 Å². The number of anilines is 1. The molecule has 1 aromatic carbocycles. The van der Waals surface area contributed by atoms with Crippen molar-refractivity contribution in [2.24, 2.45) is 0 Å². The van der Waals surface area contributed by atoms with E-state index in [9.17, 15) is 9.50 Å². The van der Waals surface area contributed by atoms with Crippen molar-refractivity contribution < 1.29 is 14.2 Å². The van der Waals surface area contributed by atoms with Gasteiger partial charge < -0.3 is 20.9 Å². The smallest absolute Gasteiger partial charge is 0.166 e. The van der Waals surface area contributed by atoms with E-state index < -0.39 is 23.5 Å². The predicted molar refractivity (Wildman–Crippen MR) is 118 cm³/mol. The van der Waals surface area contributed by atoms with Crippen molar-refractivity contribution in [1.82, 2.24) is 20.1 Å². The molecule has 31 heavy (non-hydrogen) atoms. The molecule has 1 aliphatic heterocycles. The van der Waals surface area contributed by atoms with Gasteiger partial charge in [-0.3, -0.25) is 4.68 Å². The Balaban J connectivity index is 1.61. The summed E-state index contributed by atoms with van der Waals surface area (Å²) >= 11 is 12.3. The van der Waals surface area contributed by atoms with Gasteiger partial charge in [-0.2, -0.15) is 5.10 Å². The SMILES string of the molecule is [B]C1(O)CNCC1n1cc(-c2cnc(N)c(OC(C)c3c(Cl)ccc(F)c3Cl)c2)cn1. The van der Waals surface area contributed by atoms with E-state index in [0.29, 0.717) is 17.7 Å². The van der Waals surface area contributed by atoms with E-state index in [2.05, 4.69) is 15.4 Å². The number of nitrogen functional groups attached to an aromatic ring is 1. The molecule has 3 aromatic rings. The van der Waals surface area contributed by atoms with Crippen molar-refractivity contribution in [1.29, 1.82) is 0 Å². The van der Waals surface area contributed by atoms with Gasteiger partial charge in [-0.1, -0.05) is 23.2 Å². The highest BCUT2D eigenvalue weighted by Gasteiger charge is 2.38. The molecule has 3 unspecified atom stereocenters. The van der Waals surface area contributed by atoms with Crippen LogP contribution in [0, 0.1) is 5.82 Å². The third-order valence-corrected chi connectivity index (χ3v) is 5.96. The summed E-state index contributed by atoms with van der Waals surface area (Å²) < 4.78 is 21.4. The van der Waals surface area contributed by atoms with Gasteiger partial charge in [0, 0.05) is 47.2 Å². The first-order valence-electron chi connectivity index (χ1n) is 9.49. The number of rotatable bonds is 5. The number of nitrogens with one attached hydrogen (secondary N) is 1. The lowest BCUT2D eigenvalue weighted by atomic mass is 9.78. The number of ether oxygens (including phenoxy) is 1. The summed E-state index contributed by atoms with van der Waals surface area (Å²) in [4.78, 5) is 4.19. The Morgan fingerprint density at radius 2 is 2.16 bits per heavy atom. The number of hydrogen-bond donors (Lipinski definition) is 3. The maximum atomic E-state index is 13.9. The van der Waals surface area contributed by atoms with Crippen LogP contribution in [0.4, 0.5) is 10.2 Å². The molecule has 7 nitrogen and oxygen atoms in total. The number of pyridine rings is 1. The maximum absolute atomic E-state index is 13.9. The fraction of sp³-hybridized carbons (Fsp3) is 0.300. The highest BCUT2D eigenvalue weighted by Crippen LogP contribution is 2.37. The maximum Gasteiger partial charge on any atom is 0.166 e. The normalized spacial score (nSPS) is 21.9. The fourth-order valence-electron chi connectivity index (χ4n) is 3.56. The van der Waals surface area contributed by atoms with Crippen molar-refractivity contribution in [2.75, 3.05) is 18.8 Å². The zero-order valence-corrected chi connectivity index (χ0v) is 18.0. The van der Waals surface area contributed by atoms with Gasteiger partial charge >= 0.3 is 0 Å². The minimum atomic E-state index is -1.39. The Morgan fingerprint density at radius 3 is 2.87 bits per heavy atom. The number of β-amino-alcohol motifs (C(OH)–C–C–N with tert-alkyl or cyclic N) is 1. The van der Waals surface area contributed by atoms with E-state index in [0.717, 1.165) is 5.56 Å². The lowest BCUT2D eigenvalue weighted by molar-refractivity contribution is 0.100. The molecule has 0 saturated carbocycles. The molecule has 3 heterocycles. The highest BCUT2D eigenvalue weighted by molar-refractivity contribution is 6.36. The van der Waals surface area contributed by atoms with Gasteiger partial charge in [-0.25, -0.2) is 9.37 Å². The second kappa shape index (κ2) is 8.31. The van der Waals surface area contributed by atoms with E-state index in [1.807, 2.05) is 0 Å². The number of nitrogens with two attached hydrogens (primary N) is 1. The minimum absolute atomic E-state index is 0.108. The fourth-order valence-corrected chi connectivity index (χ4v) is 4.23. The second-order valence-electron chi connectivity index (χ2n) is 7.47. The van der Waals surface area contributed by atoms with Crippen molar-refractivity contribution in [2.45, 2.75) is 24.6 Å². The standard InChI is InChI=1S/C20H19BCl2FN5O2/c1-10(17-13(22)2-3-14(24)18(17)23)31-15-4-11(5-27-19(15)25)12-6-28-29(8-12)16-7-26-9-20(16,21)30/h2-6,8,10,16,26,30H,7,9H2,1H3,(H2,25,27). The lowest BCUT2D eigenvalue weighted by Gasteiger charge is -2.25. The zero-order chi connectivity index (χ0) is 22.3. The van der Waals surface area contributed by atoms with Gasteiger partial charge in [-0.05, 0) is 25.1 Å². The van der Waals surface area contributed by atoms with Crippen LogP contribution in [0.5, 0.6) is 5.75 Å². The van der Waals surface area contributed by atoms with Crippen LogP contribution in [0.2, 0.25) is 10.0 Å². The molecule has 4 N–H and O–H groups in total. The van der Waals surface area contributed by atoms with Crippen LogP contribution in [-0.2, 0) is 0 Å². The average molecular weight is 462 g/mol. The van der Waals surface area contributed by atoms with Gasteiger partial charge in [0.05, 0.1) is 22.8 Å². The van der Waals surface area contributed by atoms with Gasteiger partial charge in [0.25, 0.3) is 0 Å². The van der Waals surface area contributed by atoms with Crippen molar-refractivity contribution >= 4 is 36.9 Å². The van der Waals surface area contributed by atoms with Crippen LogP contribution in [0.25, 0.3) is 11.1 Å². The van der Waals surface area contributed by atoms with E-state index in [1.165, 1.54) is 12.1 Å². The lowest BCUT2D eigenvalue weighted by Crippen LogP contribution is -2.39. The third kappa shape index (κ3) is 4.23. The molecule has 3 atom stereocenters. The Hall–Kier alpha value is -2.33. The molecule has 0 aliphatic carbocycles. The molecule has 160 valence electrons. The van der Waals surface area contributed by atoms with Crippen LogP contribution in [0.1, 0.15) is 24.6 Å². The molecule has 1 aliphatic rings. The molecule has 0 amide bonds. The molecule has 1 saturated heterocycles. The molecule has 0 spiro atoms. The summed E-state index contributed by atoms with van der Waals surface area (Å²) in [6.07, 6.45) is 4.29. The number of aromatic nitrogens is 3. The van der Waals surface area contributed by atoms with E-state index in [-0.39, 0.29) is 28.2 Å². The molecular formula is C20H19BCl2FN5O2. The molecular weight excluding hydrogens is 443 g/mol. The molecule has 1 fully saturated rings. The van der Waals surface area contributed by atoms with Gasteiger partial charge in [0.15, 0.2) is 11.6 Å². The zero-order valence-electron chi connectivity index (χ0n) is 16.5. The molecule has 11 heteroatoms. The number of halogens is 3. The largest absolute Gasteiger partial charge is 0.482 e. The molecule has 2 aromatic heterocycles. The second-order valence-corrected chi connectivity index (χ2v) is 8.26. The van der Waals surface area contributed by atoms with E-state index >= 15 is 0 Å². The summed E-state index contributed by atoms with van der Waals surface area (Å²) in [6.45, 7) is 2.46. The summed E-state index contributed by atoms with van der Waals surface area (Å²) in [6, 6.07) is 3.90. The first-order chi connectivity index (χ1) is 14.7. The number of hydrogen-bond acceptors (Lipinski definition) is 6. The minimum Gasteiger partial charge on any atom is -0.482 e. The third-order valence-electron chi connectivity index (χ3n) is 5.25. The van der Waals surface area contributed by atoms with Crippen molar-refractivity contribution in [3.63, 3.8) is 0 Å². The first kappa shape index (κ1) is 21.9. The molecule has 2 radical (unpaired) electrons. The van der Waals surface area contributed by atoms with Crippen molar-refractivity contribution in [3.8, 4) is 16.9 Å². The van der Waals surface area contributed by atoms with Crippen LogP contribution in [0.3, 0.4) is 0 Å². The van der Waals surface area contributed by atoms with Gasteiger partial charge in [-0.15, -0.1) is 0 Å². The Bertz CT molecular complexity index is 1130. The summed E-state index contributed by atoms with van der Waals surface area (Å²) in [7, 11) is 5.93. The number of benzene rings is 1. The Morgan fingerprint density at radius 1 is 1.39 bits per heavy atom. The monoisotopic (exact) mass is 461 g/mol. The first-order valence-corrected chi connectivity index (χ1v) is 10.2. The number of aliphatic hydroxyl groups is 1. The summed E-state index contributed by atoms with van der Waals surface area (Å²) in [5, 5.41) is 17.8. The van der Waals surface area contributed by atoms with Crippen LogP contribution in [-0.4, -0.2) is 46.3 Å². The quantitative estimate of drug-likeness (QED) is 0.399. The van der Waals surface area contributed by atoms with Gasteiger partial charge in [0.2, 0.25) is 0 Å². The average Bonchev–Trinajstić information content (AvgIpc) is 3.32. The van der Waals surface area contributed by atoms with E-state index in [4.69, 9.17) is 41.5 Å². The topological polar surface area (TPSA) is 98.2 Å². The summed E-state index contributed by atoms with van der Waals surface area (Å²) in [5.41, 5.74) is 6.33. The molecule has 4 rings (SSSR count). The van der Waals surface area contributed by atoms with Crippen molar-refractivity contribution in [3.05, 3.63) is 58.2 Å².